The van der Waals surface area contributed by atoms with Crippen LogP contribution >= 0.6 is 0 Å². The molecule has 4 unspecified atom stereocenters. The molecular formula is C17H30N2O4. The summed E-state index contributed by atoms with van der Waals surface area (Å²) in [5, 5.41) is 12.3. The summed E-state index contributed by atoms with van der Waals surface area (Å²) in [7, 11) is 0. The Kier molecular flexibility index (Phi) is 6.27. The van der Waals surface area contributed by atoms with Gasteiger partial charge < -0.3 is 20.1 Å². The smallest absolute Gasteiger partial charge is 0.317 e. The third-order valence-corrected chi connectivity index (χ3v) is 4.75. The second kappa shape index (κ2) is 7.99. The molecule has 2 fully saturated rings. The number of likely N-dealkylation sites (tertiary alicyclic amines) is 1. The Morgan fingerprint density at radius 1 is 1.35 bits per heavy atom. The second-order valence-electron chi connectivity index (χ2n) is 7.52. The number of amides is 2. The lowest BCUT2D eigenvalue weighted by Gasteiger charge is -2.38. The Bertz CT molecular complexity index is 427. The summed E-state index contributed by atoms with van der Waals surface area (Å²) >= 11 is 0. The van der Waals surface area contributed by atoms with Gasteiger partial charge in [0.2, 0.25) is 0 Å². The van der Waals surface area contributed by atoms with Crippen LogP contribution in [0.1, 0.15) is 46.5 Å². The van der Waals surface area contributed by atoms with Gasteiger partial charge in [-0.2, -0.15) is 0 Å². The number of carboxylic acids is 1. The highest BCUT2D eigenvalue weighted by atomic mass is 16.5. The summed E-state index contributed by atoms with van der Waals surface area (Å²) in [5.41, 5.74) is 0. The molecule has 0 aliphatic carbocycles. The van der Waals surface area contributed by atoms with Crippen molar-refractivity contribution in [2.45, 2.75) is 58.6 Å². The fraction of sp³-hybridized carbons (Fsp3) is 0.882. The maximum absolute atomic E-state index is 12.6. The molecule has 23 heavy (non-hydrogen) atoms. The third kappa shape index (κ3) is 5.09. The SMILES string of the molecule is CC(C)CC1OCCCC1NC(=O)N1CC(C)CC(C(=O)O)C1. The highest BCUT2D eigenvalue weighted by Gasteiger charge is 2.34. The number of urea groups is 1. The molecule has 6 heteroatoms. The number of hydrogen-bond donors (Lipinski definition) is 2. The van der Waals surface area contributed by atoms with Crippen molar-refractivity contribution in [1.82, 2.24) is 10.2 Å². The molecule has 0 aromatic rings. The number of carbonyl (C=O) groups excluding carboxylic acids is 1. The summed E-state index contributed by atoms with van der Waals surface area (Å²) in [6.45, 7) is 7.99. The van der Waals surface area contributed by atoms with E-state index in [9.17, 15) is 14.7 Å². The minimum absolute atomic E-state index is 0.0270. The molecule has 6 nitrogen and oxygen atoms in total. The molecule has 132 valence electrons. The number of aliphatic carboxylic acids is 1. The summed E-state index contributed by atoms with van der Waals surface area (Å²) in [6, 6.07) is -0.119. The van der Waals surface area contributed by atoms with Gasteiger partial charge in [-0.3, -0.25) is 4.79 Å². The topological polar surface area (TPSA) is 78.9 Å². The zero-order valence-electron chi connectivity index (χ0n) is 14.5. The van der Waals surface area contributed by atoms with Crippen LogP contribution < -0.4 is 5.32 Å². The predicted octanol–water partition coefficient (Wildman–Crippen LogP) is 2.33. The van der Waals surface area contributed by atoms with Gasteiger partial charge in [-0.15, -0.1) is 0 Å². The molecule has 2 rings (SSSR count). The quantitative estimate of drug-likeness (QED) is 0.831. The highest BCUT2D eigenvalue weighted by molar-refractivity contribution is 5.77. The number of nitrogens with one attached hydrogen (secondary N) is 1. The lowest BCUT2D eigenvalue weighted by molar-refractivity contribution is -0.143. The normalized spacial score (nSPS) is 31.9. The van der Waals surface area contributed by atoms with E-state index in [0.717, 1.165) is 25.9 Å². The first-order valence-corrected chi connectivity index (χ1v) is 8.76. The Morgan fingerprint density at radius 2 is 2.09 bits per heavy atom. The average Bonchev–Trinajstić information content (AvgIpc) is 2.48. The van der Waals surface area contributed by atoms with E-state index in [0.29, 0.717) is 25.4 Å². The maximum Gasteiger partial charge on any atom is 0.317 e. The predicted molar refractivity (Wildman–Crippen MR) is 87.2 cm³/mol. The molecule has 0 saturated carbocycles. The zero-order chi connectivity index (χ0) is 17.0. The number of rotatable bonds is 4. The zero-order valence-corrected chi connectivity index (χ0v) is 14.5. The van der Waals surface area contributed by atoms with Gasteiger partial charge in [-0.1, -0.05) is 20.8 Å². The van der Waals surface area contributed by atoms with Crippen molar-refractivity contribution in [3.8, 4) is 0 Å². The van der Waals surface area contributed by atoms with Gasteiger partial charge in [0.15, 0.2) is 0 Å². The molecule has 0 radical (unpaired) electrons. The number of piperidine rings is 1. The first kappa shape index (κ1) is 18.0. The fourth-order valence-electron chi connectivity index (χ4n) is 3.65. The van der Waals surface area contributed by atoms with Crippen molar-refractivity contribution in [1.29, 1.82) is 0 Å². The molecule has 0 bridgehead atoms. The van der Waals surface area contributed by atoms with Gasteiger partial charge in [-0.05, 0) is 37.5 Å². The summed E-state index contributed by atoms with van der Waals surface area (Å²) in [6.07, 6.45) is 3.51. The summed E-state index contributed by atoms with van der Waals surface area (Å²) in [5.74, 6) is -0.542. The van der Waals surface area contributed by atoms with Gasteiger partial charge >= 0.3 is 12.0 Å². The Morgan fingerprint density at radius 3 is 2.74 bits per heavy atom. The van der Waals surface area contributed by atoms with Crippen LogP contribution in [0, 0.1) is 17.8 Å². The molecule has 2 heterocycles. The second-order valence-corrected chi connectivity index (χ2v) is 7.52. The Balaban J connectivity index is 1.94. The minimum Gasteiger partial charge on any atom is -0.481 e. The minimum atomic E-state index is -0.812. The van der Waals surface area contributed by atoms with Crippen molar-refractivity contribution >= 4 is 12.0 Å². The lowest BCUT2D eigenvalue weighted by Crippen LogP contribution is -2.55. The van der Waals surface area contributed by atoms with Crippen LogP contribution in [-0.2, 0) is 9.53 Å². The lowest BCUT2D eigenvalue weighted by atomic mass is 9.90. The van der Waals surface area contributed by atoms with Gasteiger partial charge in [0, 0.05) is 19.7 Å². The molecular weight excluding hydrogens is 296 g/mol. The van der Waals surface area contributed by atoms with Crippen LogP contribution in [0.15, 0.2) is 0 Å². The first-order chi connectivity index (χ1) is 10.9. The number of ether oxygens (including phenoxy) is 1. The molecule has 2 amide bonds. The molecule has 4 atom stereocenters. The van der Waals surface area contributed by atoms with E-state index in [1.807, 2.05) is 6.92 Å². The van der Waals surface area contributed by atoms with E-state index < -0.39 is 11.9 Å². The van der Waals surface area contributed by atoms with Crippen LogP contribution in [0.5, 0.6) is 0 Å². The molecule has 0 aromatic carbocycles. The van der Waals surface area contributed by atoms with Gasteiger partial charge in [0.1, 0.15) is 0 Å². The number of nitrogens with zero attached hydrogens (tertiary/aromatic N) is 1. The molecule has 0 aromatic heterocycles. The van der Waals surface area contributed by atoms with E-state index in [2.05, 4.69) is 19.2 Å². The Labute approximate surface area is 138 Å². The Hall–Kier alpha value is -1.30. The standard InChI is InChI=1S/C17H30N2O4/c1-11(2)7-15-14(5-4-6-23-15)18-17(22)19-9-12(3)8-13(10-19)16(20)21/h11-15H,4-10H2,1-3H3,(H,18,22)(H,20,21). The van der Waals surface area contributed by atoms with Crippen molar-refractivity contribution in [2.75, 3.05) is 19.7 Å². The van der Waals surface area contributed by atoms with Crippen LogP contribution in [0.4, 0.5) is 4.79 Å². The van der Waals surface area contributed by atoms with Crippen LogP contribution in [0.2, 0.25) is 0 Å². The first-order valence-electron chi connectivity index (χ1n) is 8.76. The van der Waals surface area contributed by atoms with Crippen molar-refractivity contribution in [3.05, 3.63) is 0 Å². The highest BCUT2D eigenvalue weighted by Crippen LogP contribution is 2.24. The monoisotopic (exact) mass is 326 g/mol. The molecule has 2 aliphatic rings. The van der Waals surface area contributed by atoms with Gasteiger partial charge in [-0.25, -0.2) is 4.79 Å². The van der Waals surface area contributed by atoms with Crippen molar-refractivity contribution in [3.63, 3.8) is 0 Å². The van der Waals surface area contributed by atoms with Crippen LogP contribution in [-0.4, -0.2) is 53.8 Å². The third-order valence-electron chi connectivity index (χ3n) is 4.75. The van der Waals surface area contributed by atoms with Crippen LogP contribution in [0.25, 0.3) is 0 Å². The van der Waals surface area contributed by atoms with E-state index >= 15 is 0 Å². The largest absolute Gasteiger partial charge is 0.481 e. The molecule has 0 spiro atoms. The molecule has 2 saturated heterocycles. The van der Waals surface area contributed by atoms with Crippen LogP contribution in [0.3, 0.4) is 0 Å². The summed E-state index contributed by atoms with van der Waals surface area (Å²) < 4.78 is 5.84. The van der Waals surface area contributed by atoms with E-state index in [1.165, 1.54) is 0 Å². The van der Waals surface area contributed by atoms with E-state index in [4.69, 9.17) is 4.74 Å². The molecule has 2 aliphatic heterocycles. The summed E-state index contributed by atoms with van der Waals surface area (Å²) in [4.78, 5) is 25.5. The molecule has 2 N–H and O–H groups in total. The van der Waals surface area contributed by atoms with Gasteiger partial charge in [0.05, 0.1) is 18.1 Å². The number of carboxylic acid groups (broad SMARTS) is 1. The number of hydrogen-bond acceptors (Lipinski definition) is 3. The van der Waals surface area contributed by atoms with E-state index in [-0.39, 0.29) is 24.1 Å². The fourth-order valence-corrected chi connectivity index (χ4v) is 3.65. The maximum atomic E-state index is 12.6. The van der Waals surface area contributed by atoms with Gasteiger partial charge in [0.25, 0.3) is 0 Å². The average molecular weight is 326 g/mol. The van der Waals surface area contributed by atoms with E-state index in [1.54, 1.807) is 4.90 Å². The number of carbonyl (C=O) groups is 2. The van der Waals surface area contributed by atoms with Crippen molar-refractivity contribution < 1.29 is 19.4 Å². The van der Waals surface area contributed by atoms with Crippen molar-refractivity contribution in [2.24, 2.45) is 17.8 Å².